The fourth-order valence-corrected chi connectivity index (χ4v) is 2.04. The number of hydrogen-bond acceptors (Lipinski definition) is 3. The van der Waals surface area contributed by atoms with Gasteiger partial charge in [-0.2, -0.15) is 0 Å². The zero-order valence-corrected chi connectivity index (χ0v) is 12.8. The maximum absolute atomic E-state index is 11.9. The molecule has 0 fully saturated rings. The molecular weight excluding hydrogens is 311 g/mol. The van der Waals surface area contributed by atoms with Crippen LogP contribution in [0.4, 0.5) is 11.4 Å². The van der Waals surface area contributed by atoms with Gasteiger partial charge in [0.1, 0.15) is 5.75 Å². The summed E-state index contributed by atoms with van der Waals surface area (Å²) in [6, 6.07) is 12.1. The van der Waals surface area contributed by atoms with Crippen molar-refractivity contribution in [3.63, 3.8) is 0 Å². The number of rotatable bonds is 5. The lowest BCUT2D eigenvalue weighted by atomic mass is 10.3. The van der Waals surface area contributed by atoms with Gasteiger partial charge in [0.15, 0.2) is 0 Å². The second-order valence-corrected chi connectivity index (χ2v) is 5.10. The molecule has 0 aromatic heterocycles. The highest BCUT2D eigenvalue weighted by Gasteiger charge is 2.05. The average molecular weight is 325 g/mol. The van der Waals surface area contributed by atoms with Crippen LogP contribution in [0.5, 0.6) is 5.75 Å². The highest BCUT2D eigenvalue weighted by molar-refractivity contribution is 6.35. The molecule has 0 aliphatic rings. The van der Waals surface area contributed by atoms with Crippen molar-refractivity contribution in [1.29, 1.82) is 0 Å². The van der Waals surface area contributed by atoms with Crippen molar-refractivity contribution >= 4 is 40.5 Å². The summed E-state index contributed by atoms with van der Waals surface area (Å²) < 4.78 is 5.05. The second kappa shape index (κ2) is 7.20. The van der Waals surface area contributed by atoms with Gasteiger partial charge >= 0.3 is 0 Å². The zero-order valence-electron chi connectivity index (χ0n) is 11.3. The van der Waals surface area contributed by atoms with Gasteiger partial charge in [-0.1, -0.05) is 23.2 Å². The highest BCUT2D eigenvalue weighted by atomic mass is 35.5. The van der Waals surface area contributed by atoms with Crippen LogP contribution >= 0.6 is 23.2 Å². The molecule has 0 bridgehead atoms. The lowest BCUT2D eigenvalue weighted by Crippen LogP contribution is -2.21. The van der Waals surface area contributed by atoms with E-state index in [0.29, 0.717) is 21.4 Å². The Kier molecular flexibility index (Phi) is 5.31. The molecule has 0 saturated carbocycles. The topological polar surface area (TPSA) is 50.4 Å². The van der Waals surface area contributed by atoms with Crippen LogP contribution in [0.1, 0.15) is 0 Å². The first-order chi connectivity index (χ1) is 10.1. The highest BCUT2D eigenvalue weighted by Crippen LogP contribution is 2.25. The molecule has 4 nitrogen and oxygen atoms in total. The third-order valence-electron chi connectivity index (χ3n) is 2.74. The number of ether oxygens (including phenoxy) is 1. The van der Waals surface area contributed by atoms with Crippen LogP contribution in [0.2, 0.25) is 10.0 Å². The molecule has 6 heteroatoms. The van der Waals surface area contributed by atoms with Crippen molar-refractivity contribution < 1.29 is 9.53 Å². The molecule has 110 valence electrons. The predicted molar refractivity (Wildman–Crippen MR) is 86.6 cm³/mol. The second-order valence-electron chi connectivity index (χ2n) is 4.25. The molecule has 0 aliphatic carbocycles. The standard InChI is InChI=1S/C15H14Cl2N2O2/c1-21-12-5-3-11(4-6-12)19-15(20)9-18-14-8-10(16)2-7-13(14)17/h2-8,18H,9H2,1H3,(H,19,20). The quantitative estimate of drug-likeness (QED) is 0.872. The summed E-state index contributed by atoms with van der Waals surface area (Å²) in [4.78, 5) is 11.9. The smallest absolute Gasteiger partial charge is 0.243 e. The van der Waals surface area contributed by atoms with Gasteiger partial charge in [0.05, 0.1) is 24.4 Å². The van der Waals surface area contributed by atoms with Gasteiger partial charge in [0.2, 0.25) is 5.91 Å². The molecule has 0 saturated heterocycles. The lowest BCUT2D eigenvalue weighted by molar-refractivity contribution is -0.114. The summed E-state index contributed by atoms with van der Waals surface area (Å²) in [7, 11) is 1.59. The van der Waals surface area contributed by atoms with Crippen molar-refractivity contribution in [2.24, 2.45) is 0 Å². The van der Waals surface area contributed by atoms with Crippen LogP contribution in [0.3, 0.4) is 0 Å². The minimum absolute atomic E-state index is 0.0894. The Bertz CT molecular complexity index is 630. The van der Waals surface area contributed by atoms with Crippen LogP contribution in [0, 0.1) is 0 Å². The Morgan fingerprint density at radius 2 is 1.86 bits per heavy atom. The van der Waals surface area contributed by atoms with Crippen molar-refractivity contribution in [1.82, 2.24) is 0 Å². The van der Waals surface area contributed by atoms with E-state index in [2.05, 4.69) is 10.6 Å². The van der Waals surface area contributed by atoms with Crippen LogP contribution in [-0.4, -0.2) is 19.6 Å². The SMILES string of the molecule is COc1ccc(NC(=O)CNc2cc(Cl)ccc2Cl)cc1. The molecular formula is C15H14Cl2N2O2. The van der Waals surface area contributed by atoms with Crippen LogP contribution in [0.15, 0.2) is 42.5 Å². The lowest BCUT2D eigenvalue weighted by Gasteiger charge is -2.10. The fraction of sp³-hybridized carbons (Fsp3) is 0.133. The predicted octanol–water partition coefficient (Wildman–Crippen LogP) is 4.05. The summed E-state index contributed by atoms with van der Waals surface area (Å²) in [5.74, 6) is 0.549. The minimum Gasteiger partial charge on any atom is -0.497 e. The molecule has 2 N–H and O–H groups in total. The first kappa shape index (κ1) is 15.5. The summed E-state index contributed by atoms with van der Waals surface area (Å²) in [5, 5.41) is 6.77. The van der Waals surface area contributed by atoms with E-state index in [4.69, 9.17) is 27.9 Å². The fourth-order valence-electron chi connectivity index (χ4n) is 1.69. The number of methoxy groups -OCH3 is 1. The van der Waals surface area contributed by atoms with Gasteiger partial charge in [-0.3, -0.25) is 4.79 Å². The maximum atomic E-state index is 11.9. The van der Waals surface area contributed by atoms with Gasteiger partial charge in [0.25, 0.3) is 0 Å². The number of carbonyl (C=O) groups is 1. The molecule has 0 aliphatic heterocycles. The number of benzene rings is 2. The summed E-state index contributed by atoms with van der Waals surface area (Å²) in [5.41, 5.74) is 1.31. The van der Waals surface area contributed by atoms with E-state index in [0.717, 1.165) is 5.75 Å². The average Bonchev–Trinajstić information content (AvgIpc) is 2.49. The molecule has 2 aromatic rings. The monoisotopic (exact) mass is 324 g/mol. The van der Waals surface area contributed by atoms with Crippen LogP contribution in [0.25, 0.3) is 0 Å². The summed E-state index contributed by atoms with van der Waals surface area (Å²) >= 11 is 11.9. The number of nitrogens with one attached hydrogen (secondary N) is 2. The van der Waals surface area contributed by atoms with Crippen molar-refractivity contribution in [2.45, 2.75) is 0 Å². The van der Waals surface area contributed by atoms with E-state index in [9.17, 15) is 4.79 Å². The van der Waals surface area contributed by atoms with Gasteiger partial charge in [-0.15, -0.1) is 0 Å². The molecule has 0 spiro atoms. The van der Waals surface area contributed by atoms with Gasteiger partial charge in [-0.05, 0) is 42.5 Å². The number of carbonyl (C=O) groups excluding carboxylic acids is 1. The molecule has 0 unspecified atom stereocenters. The molecule has 0 heterocycles. The summed E-state index contributed by atoms with van der Waals surface area (Å²) in [6.07, 6.45) is 0. The molecule has 2 rings (SSSR count). The third-order valence-corrected chi connectivity index (χ3v) is 3.31. The Morgan fingerprint density at radius 3 is 2.52 bits per heavy atom. The summed E-state index contributed by atoms with van der Waals surface area (Å²) in [6.45, 7) is 0.0894. The van der Waals surface area contributed by atoms with Crippen molar-refractivity contribution in [2.75, 3.05) is 24.3 Å². The van der Waals surface area contributed by atoms with E-state index in [-0.39, 0.29) is 12.5 Å². The molecule has 0 radical (unpaired) electrons. The van der Waals surface area contributed by atoms with E-state index in [1.807, 2.05) is 0 Å². The molecule has 0 atom stereocenters. The Hall–Kier alpha value is -1.91. The van der Waals surface area contributed by atoms with Gasteiger partial charge in [-0.25, -0.2) is 0 Å². The normalized spacial score (nSPS) is 10.0. The van der Waals surface area contributed by atoms with Crippen LogP contribution < -0.4 is 15.4 Å². The number of hydrogen-bond donors (Lipinski definition) is 2. The number of amides is 1. The Balaban J connectivity index is 1.91. The first-order valence-corrected chi connectivity index (χ1v) is 6.97. The van der Waals surface area contributed by atoms with Gasteiger partial charge < -0.3 is 15.4 Å². The zero-order chi connectivity index (χ0) is 15.2. The minimum atomic E-state index is -0.184. The van der Waals surface area contributed by atoms with E-state index < -0.39 is 0 Å². The first-order valence-electron chi connectivity index (χ1n) is 6.21. The Labute approximate surface area is 133 Å². The van der Waals surface area contributed by atoms with Crippen LogP contribution in [-0.2, 0) is 4.79 Å². The van der Waals surface area contributed by atoms with E-state index in [1.165, 1.54) is 0 Å². The third kappa shape index (κ3) is 4.55. The Morgan fingerprint density at radius 1 is 1.14 bits per heavy atom. The molecule has 21 heavy (non-hydrogen) atoms. The number of anilines is 2. The largest absolute Gasteiger partial charge is 0.497 e. The maximum Gasteiger partial charge on any atom is 0.243 e. The number of halogens is 2. The van der Waals surface area contributed by atoms with Crippen molar-refractivity contribution in [3.05, 3.63) is 52.5 Å². The molecule has 1 amide bonds. The van der Waals surface area contributed by atoms with Gasteiger partial charge in [0, 0.05) is 10.7 Å². The van der Waals surface area contributed by atoms with E-state index in [1.54, 1.807) is 49.6 Å². The molecule has 2 aromatic carbocycles. The van der Waals surface area contributed by atoms with E-state index >= 15 is 0 Å². The van der Waals surface area contributed by atoms with Crippen molar-refractivity contribution in [3.8, 4) is 5.75 Å².